The molecule has 2 rings (SSSR count). The molecule has 1 aromatic rings. The first kappa shape index (κ1) is 11.1. The van der Waals surface area contributed by atoms with Gasteiger partial charge in [0, 0.05) is 6.04 Å². The van der Waals surface area contributed by atoms with Gasteiger partial charge in [-0.1, -0.05) is 18.2 Å². The average Bonchev–Trinajstić information content (AvgIpc) is 2.60. The molecule has 2 atom stereocenters. The lowest BCUT2D eigenvalue weighted by molar-refractivity contribution is -0.138. The Morgan fingerprint density at radius 3 is 3.00 bits per heavy atom. The molecule has 0 saturated heterocycles. The highest BCUT2D eigenvalue weighted by atomic mass is 16.4. The van der Waals surface area contributed by atoms with Crippen LogP contribution in [-0.2, 0) is 17.6 Å². The van der Waals surface area contributed by atoms with Crippen LogP contribution in [0, 0.1) is 0 Å². The van der Waals surface area contributed by atoms with Crippen molar-refractivity contribution in [3.8, 4) is 0 Å². The summed E-state index contributed by atoms with van der Waals surface area (Å²) in [4.78, 5) is 10.7. The van der Waals surface area contributed by atoms with E-state index in [1.54, 1.807) is 0 Å². The van der Waals surface area contributed by atoms with Crippen LogP contribution in [0.4, 0.5) is 0 Å². The second-order valence-corrected chi connectivity index (χ2v) is 4.33. The van der Waals surface area contributed by atoms with Gasteiger partial charge in [0.25, 0.3) is 0 Å². The lowest BCUT2D eigenvalue weighted by Gasteiger charge is -2.10. The van der Waals surface area contributed by atoms with E-state index < -0.39 is 12.0 Å². The molecule has 0 unspecified atom stereocenters. The van der Waals surface area contributed by atoms with Gasteiger partial charge in [0.15, 0.2) is 0 Å². The Balaban J connectivity index is 2.18. The molecular weight excluding hydrogens is 204 g/mol. The third kappa shape index (κ3) is 2.08. The minimum atomic E-state index is -0.968. The number of aliphatic carboxylic acids is 1. The fourth-order valence-electron chi connectivity index (χ4n) is 2.15. The van der Waals surface area contributed by atoms with Crippen LogP contribution in [0.25, 0.3) is 0 Å². The highest BCUT2D eigenvalue weighted by Gasteiger charge is 2.20. The van der Waals surface area contributed by atoms with E-state index in [1.165, 1.54) is 5.56 Å². The monoisotopic (exact) mass is 220 g/mol. The van der Waals surface area contributed by atoms with E-state index in [0.29, 0.717) is 6.42 Å². The lowest BCUT2D eigenvalue weighted by Crippen LogP contribution is -2.32. The van der Waals surface area contributed by atoms with Gasteiger partial charge in [-0.3, -0.25) is 4.79 Å². The number of benzene rings is 1. The quantitative estimate of drug-likeness (QED) is 0.695. The maximum Gasteiger partial charge on any atom is 0.320 e. The second-order valence-electron chi connectivity index (χ2n) is 4.33. The molecule has 0 amide bonds. The summed E-state index contributed by atoms with van der Waals surface area (Å²) >= 11 is 0. The first-order valence-electron chi connectivity index (χ1n) is 5.43. The Kier molecular flexibility index (Phi) is 2.94. The molecule has 4 heteroatoms. The van der Waals surface area contributed by atoms with E-state index in [2.05, 4.69) is 0 Å². The van der Waals surface area contributed by atoms with Gasteiger partial charge in [-0.05, 0) is 36.0 Å². The maximum atomic E-state index is 10.7. The van der Waals surface area contributed by atoms with Crippen molar-refractivity contribution < 1.29 is 9.90 Å². The van der Waals surface area contributed by atoms with Crippen molar-refractivity contribution in [3.63, 3.8) is 0 Å². The third-order valence-corrected chi connectivity index (χ3v) is 3.11. The predicted octanol–water partition coefficient (Wildman–Crippen LogP) is 0.587. The first-order chi connectivity index (χ1) is 7.58. The van der Waals surface area contributed by atoms with Crippen molar-refractivity contribution in [3.05, 3.63) is 34.9 Å². The molecule has 5 N–H and O–H groups in total. The molecular formula is C12H16N2O2. The molecule has 0 heterocycles. The van der Waals surface area contributed by atoms with Crippen molar-refractivity contribution in [2.75, 3.05) is 0 Å². The number of carbonyl (C=O) groups is 1. The van der Waals surface area contributed by atoms with Crippen LogP contribution >= 0.6 is 0 Å². The number of aryl methyl sites for hydroxylation is 1. The van der Waals surface area contributed by atoms with Gasteiger partial charge >= 0.3 is 5.97 Å². The van der Waals surface area contributed by atoms with Gasteiger partial charge in [0.1, 0.15) is 6.04 Å². The standard InChI is InChI=1S/C12H16N2O2/c13-10-4-3-8-2-1-7(5-9(8)10)6-11(14)12(15)16/h1-2,5,10-11H,3-4,6,13-14H2,(H,15,16)/t10-,11+/m1/s1. The number of nitrogens with two attached hydrogens (primary N) is 2. The van der Waals surface area contributed by atoms with Crippen LogP contribution in [0.5, 0.6) is 0 Å². The van der Waals surface area contributed by atoms with E-state index in [-0.39, 0.29) is 6.04 Å². The summed E-state index contributed by atoms with van der Waals surface area (Å²) in [7, 11) is 0. The van der Waals surface area contributed by atoms with Gasteiger partial charge in [-0.2, -0.15) is 0 Å². The normalized spacial score (nSPS) is 20.5. The first-order valence-corrected chi connectivity index (χ1v) is 5.43. The molecule has 0 aromatic heterocycles. The van der Waals surface area contributed by atoms with E-state index in [1.807, 2.05) is 18.2 Å². The molecule has 0 aliphatic heterocycles. The Morgan fingerprint density at radius 1 is 1.56 bits per heavy atom. The van der Waals surface area contributed by atoms with Gasteiger partial charge < -0.3 is 16.6 Å². The lowest BCUT2D eigenvalue weighted by atomic mass is 10.0. The SMILES string of the molecule is N[C@@H]1CCc2ccc(C[C@H](N)C(=O)O)cc21. The summed E-state index contributed by atoms with van der Waals surface area (Å²) in [5.41, 5.74) is 14.8. The van der Waals surface area contributed by atoms with E-state index >= 15 is 0 Å². The van der Waals surface area contributed by atoms with Crippen molar-refractivity contribution in [2.45, 2.75) is 31.3 Å². The highest BCUT2D eigenvalue weighted by molar-refractivity contribution is 5.73. The molecule has 16 heavy (non-hydrogen) atoms. The van der Waals surface area contributed by atoms with Gasteiger partial charge in [-0.25, -0.2) is 0 Å². The molecule has 4 nitrogen and oxygen atoms in total. The largest absolute Gasteiger partial charge is 0.480 e. The van der Waals surface area contributed by atoms with E-state index in [9.17, 15) is 4.79 Å². The Hall–Kier alpha value is -1.39. The summed E-state index contributed by atoms with van der Waals surface area (Å²) in [6.45, 7) is 0. The Labute approximate surface area is 94.3 Å². The molecule has 86 valence electrons. The van der Waals surface area contributed by atoms with Gasteiger partial charge in [-0.15, -0.1) is 0 Å². The van der Waals surface area contributed by atoms with Crippen LogP contribution in [0.3, 0.4) is 0 Å². The molecule has 0 fully saturated rings. The van der Waals surface area contributed by atoms with Gasteiger partial charge in [0.2, 0.25) is 0 Å². The van der Waals surface area contributed by atoms with E-state index in [0.717, 1.165) is 24.0 Å². The summed E-state index contributed by atoms with van der Waals surface area (Å²) in [5, 5.41) is 8.74. The van der Waals surface area contributed by atoms with Crippen LogP contribution in [-0.4, -0.2) is 17.1 Å². The average molecular weight is 220 g/mol. The Bertz CT molecular complexity index is 417. The van der Waals surface area contributed by atoms with Crippen molar-refractivity contribution >= 4 is 5.97 Å². The number of hydrogen-bond acceptors (Lipinski definition) is 3. The molecule has 0 spiro atoms. The second kappa shape index (κ2) is 4.23. The van der Waals surface area contributed by atoms with Gasteiger partial charge in [0.05, 0.1) is 0 Å². The third-order valence-electron chi connectivity index (χ3n) is 3.11. The van der Waals surface area contributed by atoms with Crippen molar-refractivity contribution in [1.82, 2.24) is 0 Å². The molecule has 1 aliphatic carbocycles. The molecule has 1 aliphatic rings. The number of carboxylic acids is 1. The molecule has 0 bridgehead atoms. The molecule has 1 aromatic carbocycles. The summed E-state index contributed by atoms with van der Waals surface area (Å²) < 4.78 is 0. The fourth-order valence-corrected chi connectivity index (χ4v) is 2.15. The summed E-state index contributed by atoms with van der Waals surface area (Å²) in [6.07, 6.45) is 2.35. The minimum Gasteiger partial charge on any atom is -0.480 e. The zero-order valence-corrected chi connectivity index (χ0v) is 9.02. The number of rotatable bonds is 3. The predicted molar refractivity (Wildman–Crippen MR) is 61.0 cm³/mol. The number of carboxylic acid groups (broad SMARTS) is 1. The minimum absolute atomic E-state index is 0.0935. The molecule has 0 radical (unpaired) electrons. The zero-order chi connectivity index (χ0) is 11.7. The number of hydrogen-bond donors (Lipinski definition) is 3. The van der Waals surface area contributed by atoms with Crippen molar-refractivity contribution in [2.24, 2.45) is 11.5 Å². The van der Waals surface area contributed by atoms with Crippen LogP contribution < -0.4 is 11.5 Å². The van der Waals surface area contributed by atoms with E-state index in [4.69, 9.17) is 16.6 Å². The number of fused-ring (bicyclic) bond motifs is 1. The maximum absolute atomic E-state index is 10.7. The highest BCUT2D eigenvalue weighted by Crippen LogP contribution is 2.29. The summed E-state index contributed by atoms with van der Waals surface area (Å²) in [5.74, 6) is -0.968. The smallest absolute Gasteiger partial charge is 0.320 e. The fraction of sp³-hybridized carbons (Fsp3) is 0.417. The van der Waals surface area contributed by atoms with Crippen molar-refractivity contribution in [1.29, 1.82) is 0 Å². The topological polar surface area (TPSA) is 89.3 Å². The van der Waals surface area contributed by atoms with Crippen LogP contribution in [0.2, 0.25) is 0 Å². The Morgan fingerprint density at radius 2 is 2.31 bits per heavy atom. The molecule has 0 saturated carbocycles. The van der Waals surface area contributed by atoms with Crippen LogP contribution in [0.15, 0.2) is 18.2 Å². The summed E-state index contributed by atoms with van der Waals surface area (Å²) in [6, 6.07) is 5.23. The zero-order valence-electron chi connectivity index (χ0n) is 9.02. The van der Waals surface area contributed by atoms with Crippen LogP contribution in [0.1, 0.15) is 29.2 Å².